The van der Waals surface area contributed by atoms with Crippen LogP contribution in [0.3, 0.4) is 0 Å². The molecule has 0 aliphatic rings. The van der Waals surface area contributed by atoms with E-state index in [1.54, 1.807) is 27.4 Å². The molecule has 0 atom stereocenters. The summed E-state index contributed by atoms with van der Waals surface area (Å²) >= 11 is 6.59. The Balaban J connectivity index is 0.000000350. The zero-order valence-corrected chi connectivity index (χ0v) is 20.2. The summed E-state index contributed by atoms with van der Waals surface area (Å²) in [5, 5.41) is 21.5. The lowest BCUT2D eigenvalue weighted by Gasteiger charge is -2.07. The minimum absolute atomic E-state index is 0.283. The second-order valence-corrected chi connectivity index (χ2v) is 8.33. The molecule has 3 aromatic heterocycles. The third kappa shape index (κ3) is 5.83. The van der Waals surface area contributed by atoms with Gasteiger partial charge in [-0.2, -0.15) is 5.10 Å². The number of halogens is 1. The Hall–Kier alpha value is -3.20. The molecule has 4 rings (SSSR count). The number of amides is 1. The highest BCUT2D eigenvalue weighted by atomic mass is 35.5. The van der Waals surface area contributed by atoms with E-state index in [0.29, 0.717) is 22.1 Å². The van der Waals surface area contributed by atoms with Gasteiger partial charge >= 0.3 is 0 Å². The van der Waals surface area contributed by atoms with Gasteiger partial charge in [-0.25, -0.2) is 4.98 Å². The third-order valence-corrected chi connectivity index (χ3v) is 5.77. The average molecular weight is 484 g/mol. The maximum absolute atomic E-state index is 11.4. The van der Waals surface area contributed by atoms with Crippen molar-refractivity contribution in [2.45, 2.75) is 32.6 Å². The molecule has 0 unspecified atom stereocenters. The van der Waals surface area contributed by atoms with Crippen molar-refractivity contribution in [1.29, 1.82) is 0 Å². The van der Waals surface area contributed by atoms with Crippen molar-refractivity contribution >= 4 is 23.2 Å². The molecule has 0 aliphatic carbocycles. The number of carbonyl (C=O) groups excluding carboxylic acids is 1. The van der Waals surface area contributed by atoms with Crippen LogP contribution in [0.4, 0.5) is 0 Å². The molecular formula is C25H30ClN5O3. The van der Waals surface area contributed by atoms with Gasteiger partial charge in [-0.05, 0) is 37.5 Å². The number of nitrogens with two attached hydrogens (primary N) is 1. The molecule has 0 saturated heterocycles. The van der Waals surface area contributed by atoms with Crippen molar-refractivity contribution in [2.24, 2.45) is 12.8 Å². The second-order valence-electron chi connectivity index (χ2n) is 7.97. The molecule has 8 nitrogen and oxygen atoms in total. The van der Waals surface area contributed by atoms with Crippen molar-refractivity contribution in [1.82, 2.24) is 19.2 Å². The number of fused-ring (bicyclic) bond motifs is 1. The molecular weight excluding hydrogens is 454 g/mol. The summed E-state index contributed by atoms with van der Waals surface area (Å²) in [6.07, 6.45) is 7.50. The molecule has 0 bridgehead atoms. The lowest BCUT2D eigenvalue weighted by atomic mass is 9.99. The lowest BCUT2D eigenvalue weighted by molar-refractivity contribution is 0.1000. The van der Waals surface area contributed by atoms with Crippen LogP contribution in [0.2, 0.25) is 5.15 Å². The molecule has 0 saturated carbocycles. The number of hydrogen-bond donors (Lipinski definition) is 3. The van der Waals surface area contributed by atoms with Crippen molar-refractivity contribution in [2.75, 3.05) is 13.2 Å². The highest BCUT2D eigenvalue weighted by molar-refractivity contribution is 6.32. The Bertz CT molecular complexity index is 1260. The van der Waals surface area contributed by atoms with Gasteiger partial charge in [-0.1, -0.05) is 48.7 Å². The normalized spacial score (nSPS) is 10.9. The first-order valence-corrected chi connectivity index (χ1v) is 11.5. The van der Waals surface area contributed by atoms with Gasteiger partial charge in [0.25, 0.3) is 0 Å². The van der Waals surface area contributed by atoms with E-state index in [0.717, 1.165) is 48.1 Å². The molecule has 180 valence electrons. The van der Waals surface area contributed by atoms with Crippen LogP contribution in [0.1, 0.15) is 41.7 Å². The number of unbranched alkanes of at least 4 members (excludes halogenated alkanes) is 3. The number of nitrogens with zero attached hydrogens (tertiary/aromatic N) is 4. The van der Waals surface area contributed by atoms with E-state index in [4.69, 9.17) is 27.5 Å². The van der Waals surface area contributed by atoms with E-state index in [9.17, 15) is 4.79 Å². The Labute approximate surface area is 203 Å². The van der Waals surface area contributed by atoms with E-state index in [1.165, 1.54) is 0 Å². The number of aliphatic hydroxyl groups is 2. The fourth-order valence-corrected chi connectivity index (χ4v) is 3.99. The largest absolute Gasteiger partial charge is 0.396 e. The molecule has 4 aromatic rings. The van der Waals surface area contributed by atoms with Gasteiger partial charge in [0.15, 0.2) is 0 Å². The van der Waals surface area contributed by atoms with Crippen molar-refractivity contribution in [3.63, 3.8) is 0 Å². The molecule has 4 N–H and O–H groups in total. The number of aryl methyl sites for hydroxylation is 2. The molecule has 0 spiro atoms. The number of aliphatic hydroxyl groups excluding tert-OH is 2. The van der Waals surface area contributed by atoms with Gasteiger partial charge in [0, 0.05) is 49.3 Å². The van der Waals surface area contributed by atoms with Crippen molar-refractivity contribution in [3.05, 3.63) is 65.2 Å². The zero-order valence-electron chi connectivity index (χ0n) is 19.4. The molecule has 0 fully saturated rings. The van der Waals surface area contributed by atoms with Crippen LogP contribution >= 0.6 is 11.6 Å². The fourth-order valence-electron chi connectivity index (χ4n) is 3.71. The van der Waals surface area contributed by atoms with E-state index < -0.39 is 5.91 Å². The molecule has 34 heavy (non-hydrogen) atoms. The summed E-state index contributed by atoms with van der Waals surface area (Å²) in [5.41, 5.74) is 10.8. The lowest BCUT2D eigenvalue weighted by Crippen LogP contribution is -2.11. The maximum Gasteiger partial charge on any atom is 0.248 e. The van der Waals surface area contributed by atoms with E-state index in [-0.39, 0.29) is 13.2 Å². The minimum atomic E-state index is -0.500. The Morgan fingerprint density at radius 1 is 1.03 bits per heavy atom. The minimum Gasteiger partial charge on any atom is -0.396 e. The number of imidazole rings is 1. The van der Waals surface area contributed by atoms with Gasteiger partial charge in [-0.3, -0.25) is 13.9 Å². The Kier molecular flexibility index (Phi) is 8.81. The van der Waals surface area contributed by atoms with Crippen LogP contribution in [-0.2, 0) is 7.05 Å². The summed E-state index contributed by atoms with van der Waals surface area (Å²) < 4.78 is 3.52. The number of hydrogen-bond acceptors (Lipinski definition) is 5. The quantitative estimate of drug-likeness (QED) is 0.327. The van der Waals surface area contributed by atoms with Gasteiger partial charge in [0.2, 0.25) is 5.91 Å². The average Bonchev–Trinajstić information content (AvgIpc) is 3.34. The fraction of sp³-hybridized carbons (Fsp3) is 0.320. The highest BCUT2D eigenvalue weighted by Gasteiger charge is 2.18. The van der Waals surface area contributed by atoms with Crippen LogP contribution in [-0.4, -0.2) is 48.5 Å². The topological polar surface area (TPSA) is 119 Å². The van der Waals surface area contributed by atoms with Gasteiger partial charge in [-0.15, -0.1) is 0 Å². The second kappa shape index (κ2) is 11.8. The summed E-state index contributed by atoms with van der Waals surface area (Å²) in [6, 6.07) is 11.2. The Morgan fingerprint density at radius 2 is 1.68 bits per heavy atom. The van der Waals surface area contributed by atoms with Crippen LogP contribution < -0.4 is 5.73 Å². The number of rotatable bonds is 8. The summed E-state index contributed by atoms with van der Waals surface area (Å²) in [6.45, 7) is 2.54. The van der Waals surface area contributed by atoms with Crippen LogP contribution in [0.15, 0.2) is 48.8 Å². The standard InChI is InChI=1S/C19H16ClN5O.C6H14O2/c1-11-15(10-24(2)23-11)13-5-3-4-6-14(13)17-18(20)25-8-7-12(19(21)26)9-16(25)22-17;7-5-3-1-2-4-6-8/h3-10H,1-2H3,(H2,21,26);7-8H,1-6H2. The molecule has 9 heteroatoms. The summed E-state index contributed by atoms with van der Waals surface area (Å²) in [4.78, 5) is 16.1. The molecule has 0 radical (unpaired) electrons. The monoisotopic (exact) mass is 483 g/mol. The predicted molar refractivity (Wildman–Crippen MR) is 134 cm³/mol. The van der Waals surface area contributed by atoms with Crippen LogP contribution in [0.5, 0.6) is 0 Å². The SMILES string of the molecule is Cc1nn(C)cc1-c1ccccc1-c1nc2cc(C(N)=O)ccn2c1Cl.OCCCCCCO. The number of aromatic nitrogens is 4. The van der Waals surface area contributed by atoms with E-state index in [1.807, 2.05) is 44.4 Å². The Morgan fingerprint density at radius 3 is 2.24 bits per heavy atom. The molecule has 3 heterocycles. The smallest absolute Gasteiger partial charge is 0.248 e. The summed E-state index contributed by atoms with van der Waals surface area (Å²) in [7, 11) is 1.89. The first-order valence-electron chi connectivity index (χ1n) is 11.2. The third-order valence-electron chi connectivity index (χ3n) is 5.40. The molecule has 0 aliphatic heterocycles. The predicted octanol–water partition coefficient (Wildman–Crippen LogP) is 3.99. The molecule has 1 amide bonds. The number of pyridine rings is 1. The van der Waals surface area contributed by atoms with Crippen LogP contribution in [0.25, 0.3) is 28.0 Å². The van der Waals surface area contributed by atoms with Crippen LogP contribution in [0, 0.1) is 6.92 Å². The van der Waals surface area contributed by atoms with Gasteiger partial charge in [0.1, 0.15) is 16.5 Å². The first kappa shape index (κ1) is 25.4. The van der Waals surface area contributed by atoms with Gasteiger partial charge < -0.3 is 15.9 Å². The van der Waals surface area contributed by atoms with Crippen molar-refractivity contribution < 1.29 is 15.0 Å². The maximum atomic E-state index is 11.4. The van der Waals surface area contributed by atoms with Gasteiger partial charge in [0.05, 0.1) is 5.69 Å². The number of carbonyl (C=O) groups is 1. The van der Waals surface area contributed by atoms with Crippen molar-refractivity contribution in [3.8, 4) is 22.4 Å². The number of benzene rings is 1. The zero-order chi connectivity index (χ0) is 24.7. The highest BCUT2D eigenvalue weighted by Crippen LogP contribution is 2.36. The number of primary amides is 1. The van der Waals surface area contributed by atoms with E-state index >= 15 is 0 Å². The molecule has 1 aromatic carbocycles. The first-order chi connectivity index (χ1) is 16.4. The van der Waals surface area contributed by atoms with E-state index in [2.05, 4.69) is 10.1 Å². The summed E-state index contributed by atoms with van der Waals surface area (Å²) in [5.74, 6) is -0.500.